The molecule has 0 radical (unpaired) electrons. The van der Waals surface area contributed by atoms with Crippen LogP contribution in [0.25, 0.3) is 5.57 Å². The van der Waals surface area contributed by atoms with Gasteiger partial charge < -0.3 is 14.8 Å². The number of amides is 2. The van der Waals surface area contributed by atoms with E-state index in [4.69, 9.17) is 9.47 Å². The number of anilines is 2. The Morgan fingerprint density at radius 2 is 1.44 bits per heavy atom. The highest BCUT2D eigenvalue weighted by molar-refractivity contribution is 6.46. The molecule has 0 aliphatic carbocycles. The molecule has 6 nitrogen and oxygen atoms in total. The molecule has 32 heavy (non-hydrogen) atoms. The Labute approximate surface area is 187 Å². The fourth-order valence-electron chi connectivity index (χ4n) is 3.87. The van der Waals surface area contributed by atoms with Crippen molar-refractivity contribution in [2.75, 3.05) is 24.4 Å². The van der Waals surface area contributed by atoms with Crippen molar-refractivity contribution >= 4 is 28.8 Å². The predicted molar refractivity (Wildman–Crippen MR) is 125 cm³/mol. The molecule has 3 aromatic carbocycles. The number of aryl methyl sites for hydroxylation is 2. The van der Waals surface area contributed by atoms with Crippen LogP contribution < -0.4 is 19.7 Å². The standard InChI is InChI=1S/C26H24N2O4/c1-16-13-14-19(17(2)15-16)27-24-23(18-9-5-7-11-21(18)31-3)25(29)28(26(24)30)20-10-6-8-12-22(20)32-4/h5-15,27H,1-4H3. The molecular formula is C26H24N2O4. The van der Waals surface area contributed by atoms with Gasteiger partial charge in [-0.05, 0) is 43.7 Å². The van der Waals surface area contributed by atoms with Crippen LogP contribution in [0.5, 0.6) is 11.5 Å². The monoisotopic (exact) mass is 428 g/mol. The second kappa shape index (κ2) is 8.59. The lowest BCUT2D eigenvalue weighted by molar-refractivity contribution is -0.120. The molecule has 0 bridgehead atoms. The molecule has 2 amide bonds. The second-order valence-electron chi connectivity index (χ2n) is 7.51. The Kier molecular flexibility index (Phi) is 5.69. The Morgan fingerprint density at radius 1 is 0.781 bits per heavy atom. The Morgan fingerprint density at radius 3 is 2.12 bits per heavy atom. The molecule has 3 aromatic rings. The number of ether oxygens (including phenoxy) is 2. The van der Waals surface area contributed by atoms with E-state index in [0.29, 0.717) is 22.7 Å². The van der Waals surface area contributed by atoms with Gasteiger partial charge in [-0.1, -0.05) is 48.0 Å². The third-order valence-corrected chi connectivity index (χ3v) is 5.43. The lowest BCUT2D eigenvalue weighted by Gasteiger charge is -2.18. The van der Waals surface area contributed by atoms with Crippen molar-refractivity contribution in [2.45, 2.75) is 13.8 Å². The maximum atomic E-state index is 13.7. The zero-order valence-corrected chi connectivity index (χ0v) is 18.4. The third-order valence-electron chi connectivity index (χ3n) is 5.43. The minimum absolute atomic E-state index is 0.192. The van der Waals surface area contributed by atoms with Crippen LogP contribution >= 0.6 is 0 Å². The molecule has 0 saturated carbocycles. The van der Waals surface area contributed by atoms with E-state index in [-0.39, 0.29) is 11.3 Å². The van der Waals surface area contributed by atoms with Crippen LogP contribution in [-0.4, -0.2) is 26.0 Å². The van der Waals surface area contributed by atoms with E-state index in [0.717, 1.165) is 21.7 Å². The summed E-state index contributed by atoms with van der Waals surface area (Å²) in [6.07, 6.45) is 0. The van der Waals surface area contributed by atoms with E-state index < -0.39 is 11.8 Å². The molecule has 0 aromatic heterocycles. The molecule has 1 aliphatic rings. The van der Waals surface area contributed by atoms with Crippen molar-refractivity contribution in [3.05, 3.63) is 89.1 Å². The predicted octanol–water partition coefficient (Wildman–Crippen LogP) is 4.72. The summed E-state index contributed by atoms with van der Waals surface area (Å²) in [6, 6.07) is 20.0. The van der Waals surface area contributed by atoms with Gasteiger partial charge in [0.25, 0.3) is 11.8 Å². The minimum Gasteiger partial charge on any atom is -0.496 e. The van der Waals surface area contributed by atoms with Gasteiger partial charge in [-0.3, -0.25) is 9.59 Å². The van der Waals surface area contributed by atoms with Crippen LogP contribution in [0.4, 0.5) is 11.4 Å². The molecule has 0 spiro atoms. The summed E-state index contributed by atoms with van der Waals surface area (Å²) >= 11 is 0. The average molecular weight is 428 g/mol. The number of para-hydroxylation sites is 3. The van der Waals surface area contributed by atoms with Gasteiger partial charge in [0.15, 0.2) is 0 Å². The molecule has 162 valence electrons. The van der Waals surface area contributed by atoms with E-state index in [9.17, 15) is 9.59 Å². The number of nitrogens with zero attached hydrogens (tertiary/aromatic N) is 1. The molecule has 1 N–H and O–H groups in total. The number of carbonyl (C=O) groups is 2. The Hall–Kier alpha value is -4.06. The lowest BCUT2D eigenvalue weighted by Crippen LogP contribution is -2.32. The highest BCUT2D eigenvalue weighted by atomic mass is 16.5. The maximum absolute atomic E-state index is 13.7. The molecule has 4 rings (SSSR count). The van der Waals surface area contributed by atoms with Gasteiger partial charge >= 0.3 is 0 Å². The van der Waals surface area contributed by atoms with Crippen molar-refractivity contribution in [1.82, 2.24) is 0 Å². The zero-order valence-electron chi connectivity index (χ0n) is 18.4. The van der Waals surface area contributed by atoms with Gasteiger partial charge in [0.1, 0.15) is 17.2 Å². The Bertz CT molecular complexity index is 1250. The summed E-state index contributed by atoms with van der Waals surface area (Å²) in [7, 11) is 3.04. The molecule has 0 saturated heterocycles. The van der Waals surface area contributed by atoms with Gasteiger partial charge in [0.05, 0.1) is 25.5 Å². The summed E-state index contributed by atoms with van der Waals surface area (Å²) in [4.78, 5) is 28.5. The highest BCUT2D eigenvalue weighted by Crippen LogP contribution is 2.40. The van der Waals surface area contributed by atoms with Gasteiger partial charge in [0.2, 0.25) is 0 Å². The summed E-state index contributed by atoms with van der Waals surface area (Å²) in [5.74, 6) is 0.0310. The van der Waals surface area contributed by atoms with Crippen molar-refractivity contribution in [2.24, 2.45) is 0 Å². The fraction of sp³-hybridized carbons (Fsp3) is 0.154. The fourth-order valence-corrected chi connectivity index (χ4v) is 3.87. The largest absolute Gasteiger partial charge is 0.496 e. The number of benzene rings is 3. The number of hydrogen-bond acceptors (Lipinski definition) is 5. The maximum Gasteiger partial charge on any atom is 0.282 e. The summed E-state index contributed by atoms with van der Waals surface area (Å²) in [5, 5.41) is 3.22. The second-order valence-corrected chi connectivity index (χ2v) is 7.51. The van der Waals surface area contributed by atoms with Gasteiger partial charge in [-0.15, -0.1) is 0 Å². The highest BCUT2D eigenvalue weighted by Gasteiger charge is 2.42. The van der Waals surface area contributed by atoms with Crippen molar-refractivity contribution in [1.29, 1.82) is 0 Å². The summed E-state index contributed by atoms with van der Waals surface area (Å²) in [6.45, 7) is 3.96. The first-order chi connectivity index (χ1) is 15.5. The van der Waals surface area contributed by atoms with Crippen LogP contribution in [0.3, 0.4) is 0 Å². The van der Waals surface area contributed by atoms with E-state index in [1.165, 1.54) is 14.2 Å². The van der Waals surface area contributed by atoms with E-state index >= 15 is 0 Å². The molecule has 6 heteroatoms. The number of methoxy groups -OCH3 is 2. The molecule has 1 heterocycles. The minimum atomic E-state index is -0.458. The van der Waals surface area contributed by atoms with E-state index in [1.54, 1.807) is 36.4 Å². The molecule has 0 unspecified atom stereocenters. The number of carbonyl (C=O) groups excluding carboxylic acids is 2. The molecular weight excluding hydrogens is 404 g/mol. The van der Waals surface area contributed by atoms with Crippen LogP contribution in [-0.2, 0) is 9.59 Å². The normalized spacial score (nSPS) is 13.6. The number of nitrogens with one attached hydrogen (secondary N) is 1. The number of hydrogen-bond donors (Lipinski definition) is 1. The van der Waals surface area contributed by atoms with Crippen LogP contribution in [0, 0.1) is 13.8 Å². The third kappa shape index (κ3) is 3.60. The summed E-state index contributed by atoms with van der Waals surface area (Å²) < 4.78 is 10.9. The zero-order chi connectivity index (χ0) is 22.8. The van der Waals surface area contributed by atoms with Gasteiger partial charge in [-0.2, -0.15) is 0 Å². The van der Waals surface area contributed by atoms with E-state index in [1.807, 2.05) is 44.2 Å². The number of imide groups is 1. The van der Waals surface area contributed by atoms with Crippen LogP contribution in [0.1, 0.15) is 16.7 Å². The topological polar surface area (TPSA) is 67.9 Å². The first-order valence-electron chi connectivity index (χ1n) is 10.2. The van der Waals surface area contributed by atoms with Gasteiger partial charge in [0, 0.05) is 11.3 Å². The molecule has 0 atom stereocenters. The van der Waals surface area contributed by atoms with Crippen molar-refractivity contribution in [3.8, 4) is 11.5 Å². The summed E-state index contributed by atoms with van der Waals surface area (Å²) in [5.41, 5.74) is 4.19. The Balaban J connectivity index is 1.90. The van der Waals surface area contributed by atoms with Crippen LogP contribution in [0.2, 0.25) is 0 Å². The smallest absolute Gasteiger partial charge is 0.282 e. The molecule has 0 fully saturated rings. The first kappa shape index (κ1) is 21.2. The first-order valence-corrected chi connectivity index (χ1v) is 10.2. The van der Waals surface area contributed by atoms with E-state index in [2.05, 4.69) is 5.32 Å². The van der Waals surface area contributed by atoms with Crippen LogP contribution in [0.15, 0.2) is 72.4 Å². The lowest BCUT2D eigenvalue weighted by atomic mass is 10.0. The van der Waals surface area contributed by atoms with Crippen molar-refractivity contribution in [3.63, 3.8) is 0 Å². The molecule has 1 aliphatic heterocycles. The van der Waals surface area contributed by atoms with Gasteiger partial charge in [-0.25, -0.2) is 4.90 Å². The SMILES string of the molecule is COc1ccccc1C1=C(Nc2ccc(C)cc2C)C(=O)N(c2ccccc2OC)C1=O. The van der Waals surface area contributed by atoms with Crippen molar-refractivity contribution < 1.29 is 19.1 Å². The average Bonchev–Trinajstić information content (AvgIpc) is 3.04. The number of rotatable bonds is 6. The quantitative estimate of drug-likeness (QED) is 0.576.